The number of carbonyl (C=O) groups is 1. The lowest BCUT2D eigenvalue weighted by atomic mass is 10.0. The Kier molecular flexibility index (Phi) is 3.90. The Morgan fingerprint density at radius 1 is 0.857 bits per heavy atom. The van der Waals surface area contributed by atoms with Gasteiger partial charge in [-0.1, -0.05) is 0 Å². The average molecular weight is 292 g/mol. The van der Waals surface area contributed by atoms with Gasteiger partial charge in [0, 0.05) is 44.8 Å². The molecule has 4 fully saturated rings. The molecule has 5 nitrogen and oxygen atoms in total. The molecule has 0 spiro atoms. The van der Waals surface area contributed by atoms with E-state index in [9.17, 15) is 4.79 Å². The number of nitrogens with one attached hydrogen (secondary N) is 1. The van der Waals surface area contributed by atoms with Crippen molar-refractivity contribution in [1.29, 1.82) is 0 Å². The van der Waals surface area contributed by atoms with Gasteiger partial charge in [0.25, 0.3) is 0 Å². The molecule has 4 heterocycles. The van der Waals surface area contributed by atoms with Crippen molar-refractivity contribution < 1.29 is 4.79 Å². The highest BCUT2D eigenvalue weighted by atomic mass is 16.2. The summed E-state index contributed by atoms with van der Waals surface area (Å²) in [5, 5.41) is 3.34. The average Bonchev–Trinajstić information content (AvgIpc) is 3.23. The number of hydrogen-bond acceptors (Lipinski definition) is 4. The summed E-state index contributed by atoms with van der Waals surface area (Å²) in [6.45, 7) is 7.37. The van der Waals surface area contributed by atoms with Crippen LogP contribution in [0.25, 0.3) is 0 Å². The third kappa shape index (κ3) is 2.49. The summed E-state index contributed by atoms with van der Waals surface area (Å²) < 4.78 is 0. The minimum Gasteiger partial charge on any atom is -0.339 e. The van der Waals surface area contributed by atoms with Crippen molar-refractivity contribution in [3.8, 4) is 0 Å². The molecular weight excluding hydrogens is 264 g/mol. The van der Waals surface area contributed by atoms with Crippen LogP contribution in [-0.4, -0.2) is 84.5 Å². The van der Waals surface area contributed by atoms with E-state index in [-0.39, 0.29) is 6.04 Å². The third-order valence-corrected chi connectivity index (χ3v) is 6.00. The van der Waals surface area contributed by atoms with Crippen LogP contribution >= 0.6 is 0 Å². The number of amides is 1. The normalized spacial score (nSPS) is 38.1. The van der Waals surface area contributed by atoms with Gasteiger partial charge in [0.2, 0.25) is 5.91 Å². The fourth-order valence-corrected chi connectivity index (χ4v) is 4.99. The Labute approximate surface area is 127 Å². The third-order valence-electron chi connectivity index (χ3n) is 6.00. The number of hydrogen-bond donors (Lipinski definition) is 1. The van der Waals surface area contributed by atoms with Crippen molar-refractivity contribution in [2.75, 3.05) is 45.8 Å². The molecule has 4 aliphatic rings. The van der Waals surface area contributed by atoms with E-state index in [0.717, 1.165) is 45.2 Å². The molecular formula is C16H28N4O. The largest absolute Gasteiger partial charge is 0.339 e. The zero-order chi connectivity index (χ0) is 14.2. The van der Waals surface area contributed by atoms with Gasteiger partial charge in [-0.25, -0.2) is 0 Å². The second-order valence-electron chi connectivity index (χ2n) is 7.07. The standard InChI is InChI=1S/C16H28N4O/c21-16(19-11-6-17-7-12-19)15-4-2-9-20(15)14-5-10-18-8-1-3-13(14)18/h13-15,17H,1-12H2. The quantitative estimate of drug-likeness (QED) is 0.785. The molecule has 3 atom stereocenters. The monoisotopic (exact) mass is 292 g/mol. The van der Waals surface area contributed by atoms with Crippen molar-refractivity contribution in [2.24, 2.45) is 0 Å². The molecule has 4 saturated heterocycles. The van der Waals surface area contributed by atoms with Crippen LogP contribution in [-0.2, 0) is 4.79 Å². The smallest absolute Gasteiger partial charge is 0.240 e. The molecule has 118 valence electrons. The molecule has 5 heteroatoms. The van der Waals surface area contributed by atoms with Gasteiger partial charge in [0.1, 0.15) is 0 Å². The van der Waals surface area contributed by atoms with Gasteiger partial charge >= 0.3 is 0 Å². The Morgan fingerprint density at radius 3 is 2.52 bits per heavy atom. The molecule has 1 amide bonds. The molecule has 4 aliphatic heterocycles. The Morgan fingerprint density at radius 2 is 1.67 bits per heavy atom. The lowest BCUT2D eigenvalue weighted by Crippen LogP contribution is -2.55. The molecule has 0 aromatic heterocycles. The second kappa shape index (κ2) is 5.86. The van der Waals surface area contributed by atoms with Crippen LogP contribution in [0.5, 0.6) is 0 Å². The first-order valence-electron chi connectivity index (χ1n) is 8.84. The van der Waals surface area contributed by atoms with Crippen LogP contribution in [0.15, 0.2) is 0 Å². The molecule has 4 rings (SSSR count). The molecule has 0 radical (unpaired) electrons. The summed E-state index contributed by atoms with van der Waals surface area (Å²) in [6.07, 6.45) is 6.24. The summed E-state index contributed by atoms with van der Waals surface area (Å²) in [5.74, 6) is 0.408. The van der Waals surface area contributed by atoms with Crippen LogP contribution in [0.4, 0.5) is 0 Å². The lowest BCUT2D eigenvalue weighted by Gasteiger charge is -2.37. The summed E-state index contributed by atoms with van der Waals surface area (Å²) >= 11 is 0. The number of fused-ring (bicyclic) bond motifs is 1. The molecule has 0 bridgehead atoms. The fourth-order valence-electron chi connectivity index (χ4n) is 4.99. The number of piperazine rings is 1. The van der Waals surface area contributed by atoms with E-state index < -0.39 is 0 Å². The van der Waals surface area contributed by atoms with Crippen molar-refractivity contribution in [3.05, 3.63) is 0 Å². The predicted octanol–water partition coefficient (Wildman–Crippen LogP) is 0.119. The van der Waals surface area contributed by atoms with E-state index in [1.54, 1.807) is 0 Å². The minimum absolute atomic E-state index is 0.175. The SMILES string of the molecule is O=C(C1CCCN1C1CCN2CCCC12)N1CCNCC1. The highest BCUT2D eigenvalue weighted by Crippen LogP contribution is 2.35. The molecule has 21 heavy (non-hydrogen) atoms. The first-order valence-corrected chi connectivity index (χ1v) is 8.84. The van der Waals surface area contributed by atoms with Crippen molar-refractivity contribution in [2.45, 2.75) is 50.2 Å². The molecule has 1 N–H and O–H groups in total. The van der Waals surface area contributed by atoms with Crippen LogP contribution in [0.1, 0.15) is 32.1 Å². The number of rotatable bonds is 2. The minimum atomic E-state index is 0.175. The zero-order valence-corrected chi connectivity index (χ0v) is 13.0. The fraction of sp³-hybridized carbons (Fsp3) is 0.938. The summed E-state index contributed by atoms with van der Waals surface area (Å²) in [5.41, 5.74) is 0. The predicted molar refractivity (Wildman–Crippen MR) is 82.2 cm³/mol. The highest BCUT2D eigenvalue weighted by Gasteiger charge is 2.45. The van der Waals surface area contributed by atoms with Crippen LogP contribution < -0.4 is 5.32 Å². The van der Waals surface area contributed by atoms with E-state index in [0.29, 0.717) is 11.9 Å². The number of likely N-dealkylation sites (tertiary alicyclic amines) is 1. The summed E-state index contributed by atoms with van der Waals surface area (Å²) in [6, 6.07) is 1.56. The molecule has 3 unspecified atom stereocenters. The van der Waals surface area contributed by atoms with Gasteiger partial charge in [0.15, 0.2) is 0 Å². The Bertz CT molecular complexity index is 396. The van der Waals surface area contributed by atoms with Crippen molar-refractivity contribution in [3.63, 3.8) is 0 Å². The molecule has 0 aromatic rings. The Balaban J connectivity index is 1.46. The van der Waals surface area contributed by atoms with E-state index >= 15 is 0 Å². The van der Waals surface area contributed by atoms with Crippen molar-refractivity contribution >= 4 is 5.91 Å². The highest BCUT2D eigenvalue weighted by molar-refractivity contribution is 5.82. The molecule has 0 saturated carbocycles. The van der Waals surface area contributed by atoms with Gasteiger partial charge in [-0.3, -0.25) is 14.6 Å². The van der Waals surface area contributed by atoms with Gasteiger partial charge in [-0.05, 0) is 45.2 Å². The van der Waals surface area contributed by atoms with E-state index in [2.05, 4.69) is 20.0 Å². The maximum atomic E-state index is 12.9. The first-order chi connectivity index (χ1) is 10.3. The number of nitrogens with zero attached hydrogens (tertiary/aromatic N) is 3. The van der Waals surface area contributed by atoms with Gasteiger partial charge in [-0.15, -0.1) is 0 Å². The van der Waals surface area contributed by atoms with Gasteiger partial charge < -0.3 is 10.2 Å². The van der Waals surface area contributed by atoms with Crippen LogP contribution in [0, 0.1) is 0 Å². The molecule has 0 aliphatic carbocycles. The summed E-state index contributed by atoms with van der Waals surface area (Å²) in [4.78, 5) is 20.2. The van der Waals surface area contributed by atoms with Crippen LogP contribution in [0.3, 0.4) is 0 Å². The lowest BCUT2D eigenvalue weighted by molar-refractivity contribution is -0.137. The van der Waals surface area contributed by atoms with E-state index in [1.165, 1.54) is 38.8 Å². The summed E-state index contributed by atoms with van der Waals surface area (Å²) in [7, 11) is 0. The van der Waals surface area contributed by atoms with E-state index in [4.69, 9.17) is 0 Å². The van der Waals surface area contributed by atoms with Gasteiger partial charge in [-0.2, -0.15) is 0 Å². The number of carbonyl (C=O) groups excluding carboxylic acids is 1. The topological polar surface area (TPSA) is 38.8 Å². The van der Waals surface area contributed by atoms with Crippen LogP contribution in [0.2, 0.25) is 0 Å². The maximum absolute atomic E-state index is 12.9. The Hall–Kier alpha value is -0.650. The second-order valence-corrected chi connectivity index (χ2v) is 7.07. The van der Waals surface area contributed by atoms with Gasteiger partial charge in [0.05, 0.1) is 6.04 Å². The molecule has 0 aromatic carbocycles. The first kappa shape index (κ1) is 14.0. The van der Waals surface area contributed by atoms with Crippen molar-refractivity contribution in [1.82, 2.24) is 20.0 Å². The maximum Gasteiger partial charge on any atom is 0.240 e. The van der Waals surface area contributed by atoms with E-state index in [1.807, 2.05) is 0 Å². The zero-order valence-electron chi connectivity index (χ0n) is 13.0.